The van der Waals surface area contributed by atoms with E-state index in [9.17, 15) is 0 Å². The summed E-state index contributed by atoms with van der Waals surface area (Å²) in [7, 11) is 0. The van der Waals surface area contributed by atoms with Gasteiger partial charge in [-0.1, -0.05) is 37.3 Å². The Labute approximate surface area is 192 Å². The van der Waals surface area contributed by atoms with Crippen LogP contribution in [0.4, 0.5) is 0 Å². The number of nitrogens with one attached hydrogen (secondary N) is 2. The van der Waals surface area contributed by atoms with Gasteiger partial charge in [-0.15, -0.1) is 34.2 Å². The molecule has 0 radical (unpaired) electrons. The second-order valence-corrected chi connectivity index (χ2v) is 7.57. The second kappa shape index (κ2) is 12.8. The van der Waals surface area contributed by atoms with E-state index in [1.807, 2.05) is 0 Å². The Kier molecular flexibility index (Phi) is 10.5. The summed E-state index contributed by atoms with van der Waals surface area (Å²) < 4.78 is 2.10. The Morgan fingerprint density at radius 2 is 1.86 bits per heavy atom. The van der Waals surface area contributed by atoms with Crippen molar-refractivity contribution in [2.75, 3.05) is 19.6 Å². The minimum Gasteiger partial charge on any atom is -0.357 e. The van der Waals surface area contributed by atoms with Crippen molar-refractivity contribution in [1.82, 2.24) is 25.4 Å². The maximum Gasteiger partial charge on any atom is 0.191 e. The van der Waals surface area contributed by atoms with Crippen LogP contribution in [0.25, 0.3) is 0 Å². The van der Waals surface area contributed by atoms with Gasteiger partial charge in [0.05, 0.1) is 0 Å². The van der Waals surface area contributed by atoms with E-state index in [1.165, 1.54) is 31.2 Å². The number of hydrogen-bond acceptors (Lipinski definition) is 3. The molecule has 2 aromatic rings. The molecule has 3 rings (SSSR count). The van der Waals surface area contributed by atoms with E-state index in [-0.39, 0.29) is 24.0 Å². The summed E-state index contributed by atoms with van der Waals surface area (Å²) in [6, 6.07) is 11.0. The lowest BCUT2D eigenvalue weighted by atomic mass is 9.79. The van der Waals surface area contributed by atoms with E-state index in [1.54, 1.807) is 6.33 Å². The third-order valence-corrected chi connectivity index (χ3v) is 5.63. The minimum absolute atomic E-state index is 0. The number of aryl methyl sites for hydroxylation is 1. The third-order valence-electron chi connectivity index (χ3n) is 5.63. The van der Waals surface area contributed by atoms with Crippen LogP contribution < -0.4 is 10.6 Å². The molecule has 0 unspecified atom stereocenters. The van der Waals surface area contributed by atoms with Crippen LogP contribution in [0.2, 0.25) is 0 Å². The molecular weight excluding hydrogens is 475 g/mol. The van der Waals surface area contributed by atoms with Gasteiger partial charge in [-0.25, -0.2) is 0 Å². The van der Waals surface area contributed by atoms with E-state index in [0.717, 1.165) is 50.3 Å². The molecule has 7 heteroatoms. The zero-order chi connectivity index (χ0) is 19.6. The molecular formula is C22H35IN6. The number of halogens is 1. The summed E-state index contributed by atoms with van der Waals surface area (Å²) in [6.07, 6.45) is 7.80. The zero-order valence-corrected chi connectivity index (χ0v) is 20.0. The Bertz CT molecular complexity index is 722. The Morgan fingerprint density at radius 1 is 1.10 bits per heavy atom. The standard InChI is InChI=1S/C22H34N6.HI/c1-3-21-27-26-17-28(21)15-14-24-22(23-4-2)25-16-18-10-12-20(13-11-18)19-8-6-5-7-9-19;/h5-9,17-18,20H,3-4,10-16H2,1-2H3,(H2,23,24,25);1H. The van der Waals surface area contributed by atoms with Gasteiger partial charge in [0, 0.05) is 32.6 Å². The highest BCUT2D eigenvalue weighted by atomic mass is 127. The number of aliphatic imine (C=N–C) groups is 1. The van der Waals surface area contributed by atoms with Crippen molar-refractivity contribution in [1.29, 1.82) is 0 Å². The van der Waals surface area contributed by atoms with Crippen LogP contribution in [-0.4, -0.2) is 40.4 Å². The Morgan fingerprint density at radius 3 is 2.55 bits per heavy atom. The number of benzene rings is 1. The number of guanidine groups is 1. The van der Waals surface area contributed by atoms with E-state index in [4.69, 9.17) is 4.99 Å². The van der Waals surface area contributed by atoms with Crippen LogP contribution >= 0.6 is 24.0 Å². The normalized spacial score (nSPS) is 19.4. The molecule has 2 N–H and O–H groups in total. The molecule has 29 heavy (non-hydrogen) atoms. The van der Waals surface area contributed by atoms with Gasteiger partial charge in [-0.2, -0.15) is 0 Å². The van der Waals surface area contributed by atoms with Crippen molar-refractivity contribution >= 4 is 29.9 Å². The molecule has 1 aliphatic rings. The van der Waals surface area contributed by atoms with Crippen LogP contribution in [0, 0.1) is 5.92 Å². The number of aromatic nitrogens is 3. The van der Waals surface area contributed by atoms with Gasteiger partial charge in [-0.3, -0.25) is 4.99 Å². The first-order valence-corrected chi connectivity index (χ1v) is 10.7. The quantitative estimate of drug-likeness (QED) is 0.320. The van der Waals surface area contributed by atoms with Crippen molar-refractivity contribution in [2.45, 2.75) is 58.4 Å². The van der Waals surface area contributed by atoms with Crippen LogP contribution in [-0.2, 0) is 13.0 Å². The molecule has 0 atom stereocenters. The molecule has 1 aromatic carbocycles. The lowest BCUT2D eigenvalue weighted by Gasteiger charge is -2.28. The van der Waals surface area contributed by atoms with Crippen molar-refractivity contribution in [3.8, 4) is 0 Å². The summed E-state index contributed by atoms with van der Waals surface area (Å²) >= 11 is 0. The topological polar surface area (TPSA) is 67.1 Å². The van der Waals surface area contributed by atoms with Gasteiger partial charge < -0.3 is 15.2 Å². The van der Waals surface area contributed by atoms with Crippen molar-refractivity contribution < 1.29 is 0 Å². The Hall–Kier alpha value is -1.64. The third kappa shape index (κ3) is 7.28. The monoisotopic (exact) mass is 510 g/mol. The molecule has 0 bridgehead atoms. The van der Waals surface area contributed by atoms with E-state index in [0.29, 0.717) is 5.92 Å². The predicted molar refractivity (Wildman–Crippen MR) is 130 cm³/mol. The number of nitrogens with zero attached hydrogens (tertiary/aromatic N) is 4. The highest BCUT2D eigenvalue weighted by molar-refractivity contribution is 14.0. The largest absolute Gasteiger partial charge is 0.357 e. The predicted octanol–water partition coefficient (Wildman–Crippen LogP) is 3.99. The van der Waals surface area contributed by atoms with Crippen molar-refractivity contribution in [2.24, 2.45) is 10.9 Å². The SMILES string of the molecule is CCNC(=NCC1CCC(c2ccccc2)CC1)NCCn1cnnc1CC.I. The second-order valence-electron chi connectivity index (χ2n) is 7.57. The first kappa shape index (κ1) is 23.6. The summed E-state index contributed by atoms with van der Waals surface area (Å²) in [5, 5.41) is 14.9. The highest BCUT2D eigenvalue weighted by Crippen LogP contribution is 2.35. The molecule has 1 aliphatic carbocycles. The maximum absolute atomic E-state index is 4.85. The van der Waals surface area contributed by atoms with Gasteiger partial charge >= 0.3 is 0 Å². The molecule has 0 spiro atoms. The molecule has 0 saturated heterocycles. The van der Waals surface area contributed by atoms with Crippen LogP contribution in [0.5, 0.6) is 0 Å². The molecule has 6 nitrogen and oxygen atoms in total. The fourth-order valence-electron chi connectivity index (χ4n) is 4.00. The summed E-state index contributed by atoms with van der Waals surface area (Å²) in [5.74, 6) is 3.36. The van der Waals surface area contributed by atoms with Crippen molar-refractivity contribution in [3.63, 3.8) is 0 Å². The van der Waals surface area contributed by atoms with Crippen LogP contribution in [0.1, 0.15) is 56.8 Å². The van der Waals surface area contributed by atoms with Gasteiger partial charge in [-0.05, 0) is 50.0 Å². The molecule has 160 valence electrons. The average Bonchev–Trinajstić information content (AvgIpc) is 3.20. The maximum atomic E-state index is 4.85. The lowest BCUT2D eigenvalue weighted by Crippen LogP contribution is -2.39. The van der Waals surface area contributed by atoms with Crippen LogP contribution in [0.3, 0.4) is 0 Å². The number of rotatable bonds is 8. The van der Waals surface area contributed by atoms with Gasteiger partial charge in [0.1, 0.15) is 12.2 Å². The molecule has 1 heterocycles. The molecule has 1 saturated carbocycles. The molecule has 1 fully saturated rings. The molecule has 1 aromatic heterocycles. The zero-order valence-electron chi connectivity index (χ0n) is 17.7. The van der Waals surface area contributed by atoms with E-state index in [2.05, 4.69) is 69.6 Å². The fraction of sp³-hybridized carbons (Fsp3) is 0.591. The van der Waals surface area contributed by atoms with E-state index >= 15 is 0 Å². The first-order chi connectivity index (χ1) is 13.8. The van der Waals surface area contributed by atoms with Gasteiger partial charge in [0.15, 0.2) is 5.96 Å². The summed E-state index contributed by atoms with van der Waals surface area (Å²) in [4.78, 5) is 4.85. The smallest absolute Gasteiger partial charge is 0.191 e. The molecule has 0 aliphatic heterocycles. The first-order valence-electron chi connectivity index (χ1n) is 10.7. The van der Waals surface area contributed by atoms with Gasteiger partial charge in [0.2, 0.25) is 0 Å². The minimum atomic E-state index is 0. The number of hydrogen-bond donors (Lipinski definition) is 2. The van der Waals surface area contributed by atoms with Crippen LogP contribution in [0.15, 0.2) is 41.7 Å². The average molecular weight is 510 g/mol. The molecule has 0 amide bonds. The van der Waals surface area contributed by atoms with Gasteiger partial charge in [0.25, 0.3) is 0 Å². The lowest BCUT2D eigenvalue weighted by molar-refractivity contribution is 0.333. The summed E-state index contributed by atoms with van der Waals surface area (Å²) in [6.45, 7) is 7.66. The Balaban J connectivity index is 0.00000300. The fourth-order valence-corrected chi connectivity index (χ4v) is 4.00. The summed E-state index contributed by atoms with van der Waals surface area (Å²) in [5.41, 5.74) is 1.50. The van der Waals surface area contributed by atoms with Crippen molar-refractivity contribution in [3.05, 3.63) is 48.0 Å². The van der Waals surface area contributed by atoms with E-state index < -0.39 is 0 Å². The highest BCUT2D eigenvalue weighted by Gasteiger charge is 2.22.